The SMILES string of the molecule is COc1ccc(C[C@@](NC(=O)c2ccccc2)(C(=O)N[C@@H](Cc2ccccc2)C(=O)NC2CCCCC2)c2ccccc2)cc1. The van der Waals surface area contributed by atoms with Crippen LogP contribution in [0.15, 0.2) is 115 Å². The van der Waals surface area contributed by atoms with Crippen molar-refractivity contribution in [3.8, 4) is 5.75 Å². The van der Waals surface area contributed by atoms with Gasteiger partial charge in [0.2, 0.25) is 5.91 Å². The summed E-state index contributed by atoms with van der Waals surface area (Å²) in [5.41, 5.74) is 1.23. The van der Waals surface area contributed by atoms with Crippen LogP contribution in [0.25, 0.3) is 0 Å². The van der Waals surface area contributed by atoms with E-state index in [4.69, 9.17) is 4.74 Å². The van der Waals surface area contributed by atoms with Gasteiger partial charge in [0.25, 0.3) is 11.8 Å². The minimum absolute atomic E-state index is 0.0809. The summed E-state index contributed by atoms with van der Waals surface area (Å²) in [5.74, 6) is -0.396. The highest BCUT2D eigenvalue weighted by Gasteiger charge is 2.43. The molecule has 3 N–H and O–H groups in total. The Hall–Kier alpha value is -4.91. The predicted molar refractivity (Wildman–Crippen MR) is 176 cm³/mol. The van der Waals surface area contributed by atoms with Crippen LogP contribution in [0.2, 0.25) is 0 Å². The first-order valence-corrected chi connectivity index (χ1v) is 15.7. The largest absolute Gasteiger partial charge is 0.497 e. The summed E-state index contributed by atoms with van der Waals surface area (Å²) in [6.45, 7) is 0. The molecule has 7 nitrogen and oxygen atoms in total. The highest BCUT2D eigenvalue weighted by Crippen LogP contribution is 2.29. The Balaban J connectivity index is 1.54. The summed E-state index contributed by atoms with van der Waals surface area (Å²) >= 11 is 0. The van der Waals surface area contributed by atoms with Crippen LogP contribution in [0.4, 0.5) is 0 Å². The van der Waals surface area contributed by atoms with Crippen molar-refractivity contribution in [2.75, 3.05) is 7.11 Å². The predicted octanol–water partition coefficient (Wildman–Crippen LogP) is 5.74. The van der Waals surface area contributed by atoms with Crippen LogP contribution in [0.1, 0.15) is 59.2 Å². The Kier molecular flexibility index (Phi) is 10.6. The highest BCUT2D eigenvalue weighted by molar-refractivity contribution is 6.01. The Labute approximate surface area is 265 Å². The molecule has 1 fully saturated rings. The van der Waals surface area contributed by atoms with Crippen LogP contribution in [-0.2, 0) is 28.0 Å². The van der Waals surface area contributed by atoms with Gasteiger partial charge in [-0.15, -0.1) is 0 Å². The molecule has 2 atom stereocenters. The fraction of sp³-hybridized carbons (Fsp3) is 0.289. The molecule has 1 aliphatic rings. The van der Waals surface area contributed by atoms with Gasteiger partial charge in [-0.3, -0.25) is 14.4 Å². The van der Waals surface area contributed by atoms with E-state index in [1.807, 2.05) is 91.0 Å². The molecule has 0 saturated heterocycles. The molecule has 1 saturated carbocycles. The van der Waals surface area contributed by atoms with E-state index in [1.54, 1.807) is 31.4 Å². The van der Waals surface area contributed by atoms with Gasteiger partial charge in [0.15, 0.2) is 0 Å². The van der Waals surface area contributed by atoms with E-state index < -0.39 is 23.4 Å². The molecule has 3 amide bonds. The van der Waals surface area contributed by atoms with Crippen molar-refractivity contribution in [2.45, 2.75) is 62.6 Å². The zero-order valence-corrected chi connectivity index (χ0v) is 25.7. The molecule has 0 aliphatic heterocycles. The van der Waals surface area contributed by atoms with E-state index in [9.17, 15) is 14.4 Å². The summed E-state index contributed by atoms with van der Waals surface area (Å²) in [7, 11) is 1.60. The number of ether oxygens (including phenoxy) is 1. The van der Waals surface area contributed by atoms with Crippen molar-refractivity contribution < 1.29 is 19.1 Å². The lowest BCUT2D eigenvalue weighted by Gasteiger charge is -2.36. The van der Waals surface area contributed by atoms with Crippen molar-refractivity contribution in [1.82, 2.24) is 16.0 Å². The highest BCUT2D eigenvalue weighted by atomic mass is 16.5. The Bertz CT molecular complexity index is 1540. The van der Waals surface area contributed by atoms with E-state index in [1.165, 1.54) is 6.42 Å². The Morgan fingerprint density at radius 2 is 1.36 bits per heavy atom. The van der Waals surface area contributed by atoms with Crippen LogP contribution in [0, 0.1) is 0 Å². The number of nitrogens with one attached hydrogen (secondary N) is 3. The number of methoxy groups -OCH3 is 1. The van der Waals surface area contributed by atoms with Gasteiger partial charge in [-0.1, -0.05) is 110 Å². The smallest absolute Gasteiger partial charge is 0.252 e. The normalized spacial score (nSPS) is 15.2. The van der Waals surface area contributed by atoms with Crippen LogP contribution >= 0.6 is 0 Å². The summed E-state index contributed by atoms with van der Waals surface area (Å²) in [4.78, 5) is 42.5. The molecule has 1 aliphatic carbocycles. The van der Waals surface area contributed by atoms with Crippen LogP contribution in [-0.4, -0.2) is 36.9 Å². The summed E-state index contributed by atoms with van der Waals surface area (Å²) in [5, 5.41) is 9.43. The molecule has 0 unspecified atom stereocenters. The van der Waals surface area contributed by atoms with E-state index in [2.05, 4.69) is 16.0 Å². The first kappa shape index (κ1) is 31.5. The van der Waals surface area contributed by atoms with E-state index in [0.29, 0.717) is 23.3 Å². The van der Waals surface area contributed by atoms with Gasteiger partial charge in [0.1, 0.15) is 17.3 Å². The molecule has 232 valence electrons. The lowest BCUT2D eigenvalue weighted by atomic mass is 9.81. The first-order valence-electron chi connectivity index (χ1n) is 15.7. The van der Waals surface area contributed by atoms with Crippen molar-refractivity contribution in [2.24, 2.45) is 0 Å². The molecule has 4 aromatic rings. The Morgan fingerprint density at radius 1 is 0.756 bits per heavy atom. The van der Waals surface area contributed by atoms with Gasteiger partial charge in [0, 0.05) is 24.4 Å². The number of amides is 3. The maximum atomic E-state index is 14.8. The molecule has 45 heavy (non-hydrogen) atoms. The van der Waals surface area contributed by atoms with Gasteiger partial charge < -0.3 is 20.7 Å². The zero-order valence-electron chi connectivity index (χ0n) is 25.7. The number of hydrogen-bond acceptors (Lipinski definition) is 4. The third-order valence-corrected chi connectivity index (χ3v) is 8.50. The summed E-state index contributed by atoms with van der Waals surface area (Å²) < 4.78 is 5.36. The maximum Gasteiger partial charge on any atom is 0.252 e. The summed E-state index contributed by atoms with van der Waals surface area (Å²) in [6, 6.07) is 34.4. The molecule has 5 rings (SSSR count). The minimum atomic E-state index is -1.54. The van der Waals surface area contributed by atoms with Crippen LogP contribution < -0.4 is 20.7 Å². The standard InChI is InChI=1S/C38H41N3O4/c1-45-33-24-22-29(23-25-33)27-38(31-18-10-4-11-19-31,41-35(42)30-16-8-3-9-17-30)37(44)40-34(26-28-14-6-2-7-15-28)36(43)39-32-20-12-5-13-21-32/h2-4,6-11,14-19,22-25,32,34H,5,12-13,20-21,26-27H2,1H3,(H,39,43)(H,40,44)(H,41,42)/t34-,38-/m0/s1. The average molecular weight is 604 g/mol. The lowest BCUT2D eigenvalue weighted by Crippen LogP contribution is -2.61. The second kappa shape index (κ2) is 15.2. The molecule has 0 spiro atoms. The average Bonchev–Trinajstić information content (AvgIpc) is 3.09. The molecule has 0 aromatic heterocycles. The molecular formula is C38H41N3O4. The topological polar surface area (TPSA) is 96.5 Å². The second-order valence-corrected chi connectivity index (χ2v) is 11.7. The quantitative estimate of drug-likeness (QED) is 0.193. The fourth-order valence-corrected chi connectivity index (χ4v) is 6.00. The molecule has 7 heteroatoms. The van der Waals surface area contributed by atoms with E-state index in [0.717, 1.165) is 36.8 Å². The molecule has 0 bridgehead atoms. The number of carbonyl (C=O) groups excluding carboxylic acids is 3. The lowest BCUT2D eigenvalue weighted by molar-refractivity contribution is -0.133. The molecule has 4 aromatic carbocycles. The summed E-state index contributed by atoms with van der Waals surface area (Å²) in [6.07, 6.45) is 5.63. The van der Waals surface area contributed by atoms with Gasteiger partial charge in [-0.25, -0.2) is 0 Å². The van der Waals surface area contributed by atoms with Gasteiger partial charge in [0.05, 0.1) is 7.11 Å². The zero-order chi connectivity index (χ0) is 31.5. The third-order valence-electron chi connectivity index (χ3n) is 8.50. The van der Waals surface area contributed by atoms with Crippen molar-refractivity contribution in [3.05, 3.63) is 138 Å². The molecule has 0 radical (unpaired) electrons. The number of benzene rings is 4. The van der Waals surface area contributed by atoms with Gasteiger partial charge in [-0.05, 0) is 53.8 Å². The van der Waals surface area contributed by atoms with Crippen LogP contribution in [0.3, 0.4) is 0 Å². The Morgan fingerprint density at radius 3 is 1.98 bits per heavy atom. The van der Waals surface area contributed by atoms with E-state index in [-0.39, 0.29) is 18.4 Å². The van der Waals surface area contributed by atoms with Crippen LogP contribution in [0.5, 0.6) is 5.75 Å². The van der Waals surface area contributed by atoms with Crippen molar-refractivity contribution >= 4 is 17.7 Å². The van der Waals surface area contributed by atoms with Crippen molar-refractivity contribution in [1.29, 1.82) is 0 Å². The first-order chi connectivity index (χ1) is 22.0. The third kappa shape index (κ3) is 8.18. The molecule has 0 heterocycles. The fourth-order valence-electron chi connectivity index (χ4n) is 6.00. The van der Waals surface area contributed by atoms with Gasteiger partial charge in [-0.2, -0.15) is 0 Å². The van der Waals surface area contributed by atoms with E-state index >= 15 is 0 Å². The number of hydrogen-bond donors (Lipinski definition) is 3. The monoisotopic (exact) mass is 603 g/mol. The number of rotatable bonds is 12. The minimum Gasteiger partial charge on any atom is -0.497 e. The van der Waals surface area contributed by atoms with Crippen molar-refractivity contribution in [3.63, 3.8) is 0 Å². The number of carbonyl (C=O) groups is 3. The maximum absolute atomic E-state index is 14.8. The van der Waals surface area contributed by atoms with Gasteiger partial charge >= 0.3 is 0 Å². The second-order valence-electron chi connectivity index (χ2n) is 11.7. The molecular weight excluding hydrogens is 562 g/mol.